The minimum atomic E-state index is 0.157. The van der Waals surface area contributed by atoms with Crippen LogP contribution in [0.3, 0.4) is 0 Å². The van der Waals surface area contributed by atoms with Crippen molar-refractivity contribution in [2.45, 2.75) is 12.5 Å². The van der Waals surface area contributed by atoms with Gasteiger partial charge in [0.1, 0.15) is 11.6 Å². The zero-order valence-electron chi connectivity index (χ0n) is 10.9. The number of likely N-dealkylation sites (N-methyl/N-ethyl adjacent to an activating group) is 1. The Bertz CT molecular complexity index is 509. The molecule has 0 aliphatic rings. The van der Waals surface area contributed by atoms with E-state index in [1.54, 1.807) is 19.5 Å². The third kappa shape index (κ3) is 2.51. The Balaban J connectivity index is 2.25. The van der Waals surface area contributed by atoms with Crippen LogP contribution in [-0.2, 0) is 13.5 Å². The molecule has 0 aliphatic heterocycles. The Labute approximate surface area is 107 Å². The maximum absolute atomic E-state index is 5.35. The second kappa shape index (κ2) is 5.64. The molecule has 0 amide bonds. The van der Waals surface area contributed by atoms with Crippen molar-refractivity contribution in [2.24, 2.45) is 7.05 Å². The molecule has 96 valence electrons. The number of nitrogens with zero attached hydrogens (tertiary/aromatic N) is 3. The van der Waals surface area contributed by atoms with Crippen LogP contribution in [0.2, 0.25) is 0 Å². The summed E-state index contributed by atoms with van der Waals surface area (Å²) in [5, 5.41) is 3.30. The van der Waals surface area contributed by atoms with Crippen molar-refractivity contribution in [3.8, 4) is 5.75 Å². The maximum atomic E-state index is 5.35. The van der Waals surface area contributed by atoms with E-state index >= 15 is 0 Å². The lowest BCUT2D eigenvalue weighted by atomic mass is 10.0. The molecule has 0 saturated heterocycles. The molecule has 0 saturated carbocycles. The molecule has 0 bridgehead atoms. The SMILES string of the molecule is CNC(Cc1nccn1C)c1ccncc1OC. The lowest BCUT2D eigenvalue weighted by Crippen LogP contribution is -2.21. The highest BCUT2D eigenvalue weighted by Gasteiger charge is 2.16. The molecule has 2 aromatic rings. The fraction of sp³-hybridized carbons (Fsp3) is 0.385. The smallest absolute Gasteiger partial charge is 0.141 e. The van der Waals surface area contributed by atoms with Crippen molar-refractivity contribution >= 4 is 0 Å². The second-order valence-electron chi connectivity index (χ2n) is 4.12. The molecule has 2 aromatic heterocycles. The first-order valence-corrected chi connectivity index (χ1v) is 5.87. The predicted molar refractivity (Wildman–Crippen MR) is 69.5 cm³/mol. The Kier molecular flexibility index (Phi) is 3.94. The summed E-state index contributed by atoms with van der Waals surface area (Å²) in [5.74, 6) is 1.83. The van der Waals surface area contributed by atoms with E-state index in [1.165, 1.54) is 0 Å². The summed E-state index contributed by atoms with van der Waals surface area (Å²) >= 11 is 0. The number of hydrogen-bond donors (Lipinski definition) is 1. The summed E-state index contributed by atoms with van der Waals surface area (Å²) in [4.78, 5) is 8.42. The third-order valence-electron chi connectivity index (χ3n) is 3.07. The highest BCUT2D eigenvalue weighted by Crippen LogP contribution is 2.25. The average molecular weight is 246 g/mol. The zero-order valence-corrected chi connectivity index (χ0v) is 10.9. The van der Waals surface area contributed by atoms with E-state index in [4.69, 9.17) is 4.74 Å². The van der Waals surface area contributed by atoms with Gasteiger partial charge in [0.15, 0.2) is 0 Å². The Morgan fingerprint density at radius 2 is 2.28 bits per heavy atom. The van der Waals surface area contributed by atoms with Crippen molar-refractivity contribution in [1.29, 1.82) is 0 Å². The molecule has 0 aliphatic carbocycles. The Morgan fingerprint density at radius 3 is 2.89 bits per heavy atom. The molecule has 1 N–H and O–H groups in total. The molecule has 2 rings (SSSR count). The molecular weight excluding hydrogens is 228 g/mol. The summed E-state index contributed by atoms with van der Waals surface area (Å²) < 4.78 is 7.37. The van der Waals surface area contributed by atoms with Crippen LogP contribution in [0.4, 0.5) is 0 Å². The highest BCUT2D eigenvalue weighted by molar-refractivity contribution is 5.33. The first kappa shape index (κ1) is 12.6. The molecule has 5 heteroatoms. The normalized spacial score (nSPS) is 12.4. The maximum Gasteiger partial charge on any atom is 0.141 e. The molecule has 0 radical (unpaired) electrons. The van der Waals surface area contributed by atoms with Crippen molar-refractivity contribution in [3.05, 3.63) is 42.2 Å². The Hall–Kier alpha value is -1.88. The van der Waals surface area contributed by atoms with Gasteiger partial charge in [-0.1, -0.05) is 0 Å². The topological polar surface area (TPSA) is 52.0 Å². The predicted octanol–water partition coefficient (Wildman–Crippen LogP) is 1.33. The second-order valence-corrected chi connectivity index (χ2v) is 4.12. The lowest BCUT2D eigenvalue weighted by Gasteiger charge is -2.18. The number of hydrogen-bond acceptors (Lipinski definition) is 4. The van der Waals surface area contributed by atoms with Crippen LogP contribution < -0.4 is 10.1 Å². The third-order valence-corrected chi connectivity index (χ3v) is 3.07. The quantitative estimate of drug-likeness (QED) is 0.864. The molecule has 18 heavy (non-hydrogen) atoms. The fourth-order valence-electron chi connectivity index (χ4n) is 1.99. The van der Waals surface area contributed by atoms with E-state index in [9.17, 15) is 0 Å². The van der Waals surface area contributed by atoms with Gasteiger partial charge in [0, 0.05) is 43.7 Å². The first-order chi connectivity index (χ1) is 8.76. The minimum Gasteiger partial charge on any atom is -0.495 e. The molecule has 1 unspecified atom stereocenters. The molecule has 2 heterocycles. The van der Waals surface area contributed by atoms with Crippen LogP contribution in [-0.4, -0.2) is 28.7 Å². The van der Waals surface area contributed by atoms with Gasteiger partial charge in [-0.3, -0.25) is 4.98 Å². The van der Waals surface area contributed by atoms with Gasteiger partial charge < -0.3 is 14.6 Å². The monoisotopic (exact) mass is 246 g/mol. The first-order valence-electron chi connectivity index (χ1n) is 5.87. The van der Waals surface area contributed by atoms with E-state index in [1.807, 2.05) is 37.1 Å². The number of imidazole rings is 1. The summed E-state index contributed by atoms with van der Waals surface area (Å²) in [6.45, 7) is 0. The van der Waals surface area contributed by atoms with Crippen LogP contribution >= 0.6 is 0 Å². The number of rotatable bonds is 5. The summed E-state index contributed by atoms with van der Waals surface area (Å²) in [6.07, 6.45) is 8.08. The van der Waals surface area contributed by atoms with Gasteiger partial charge in [-0.15, -0.1) is 0 Å². The zero-order chi connectivity index (χ0) is 13.0. The fourth-order valence-corrected chi connectivity index (χ4v) is 1.99. The number of methoxy groups -OCH3 is 1. The van der Waals surface area contributed by atoms with Crippen LogP contribution in [0.15, 0.2) is 30.9 Å². The van der Waals surface area contributed by atoms with Gasteiger partial charge in [-0.25, -0.2) is 4.98 Å². The van der Waals surface area contributed by atoms with Gasteiger partial charge >= 0.3 is 0 Å². The standard InChI is InChI=1S/C13H18N4O/c1-14-11(8-13-16-6-7-17(13)2)10-4-5-15-9-12(10)18-3/h4-7,9,11,14H,8H2,1-3H3. The van der Waals surface area contributed by atoms with Crippen LogP contribution in [0.1, 0.15) is 17.4 Å². The number of aryl methyl sites for hydroxylation is 1. The van der Waals surface area contributed by atoms with Crippen molar-refractivity contribution < 1.29 is 4.74 Å². The summed E-state index contributed by atoms with van der Waals surface area (Å²) in [5.41, 5.74) is 1.10. The van der Waals surface area contributed by atoms with Crippen molar-refractivity contribution in [3.63, 3.8) is 0 Å². The van der Waals surface area contributed by atoms with Gasteiger partial charge in [0.2, 0.25) is 0 Å². The Morgan fingerprint density at radius 1 is 1.44 bits per heavy atom. The van der Waals surface area contributed by atoms with Gasteiger partial charge in [-0.05, 0) is 13.1 Å². The number of ether oxygens (including phenoxy) is 1. The van der Waals surface area contributed by atoms with Crippen LogP contribution in [0.25, 0.3) is 0 Å². The van der Waals surface area contributed by atoms with Crippen molar-refractivity contribution in [2.75, 3.05) is 14.2 Å². The molecule has 0 spiro atoms. The van der Waals surface area contributed by atoms with Crippen LogP contribution in [0, 0.1) is 0 Å². The average Bonchev–Trinajstić information content (AvgIpc) is 2.81. The van der Waals surface area contributed by atoms with Gasteiger partial charge in [0.05, 0.1) is 13.3 Å². The number of aromatic nitrogens is 3. The molecule has 0 fully saturated rings. The van der Waals surface area contributed by atoms with E-state index in [-0.39, 0.29) is 6.04 Å². The highest BCUT2D eigenvalue weighted by atomic mass is 16.5. The molecule has 1 atom stereocenters. The number of pyridine rings is 1. The number of nitrogens with one attached hydrogen (secondary N) is 1. The van der Waals surface area contributed by atoms with E-state index in [2.05, 4.69) is 15.3 Å². The summed E-state index contributed by atoms with van der Waals surface area (Å²) in [6, 6.07) is 2.13. The molecular formula is C13H18N4O. The van der Waals surface area contributed by atoms with Gasteiger partial charge in [0.25, 0.3) is 0 Å². The molecule has 5 nitrogen and oxygen atoms in total. The van der Waals surface area contributed by atoms with Crippen molar-refractivity contribution in [1.82, 2.24) is 19.9 Å². The van der Waals surface area contributed by atoms with Gasteiger partial charge in [-0.2, -0.15) is 0 Å². The summed E-state index contributed by atoms with van der Waals surface area (Å²) in [7, 11) is 5.60. The molecule has 0 aromatic carbocycles. The van der Waals surface area contributed by atoms with E-state index in [0.29, 0.717) is 0 Å². The minimum absolute atomic E-state index is 0.157. The largest absolute Gasteiger partial charge is 0.495 e. The van der Waals surface area contributed by atoms with E-state index < -0.39 is 0 Å². The lowest BCUT2D eigenvalue weighted by molar-refractivity contribution is 0.398. The van der Waals surface area contributed by atoms with Crippen LogP contribution in [0.5, 0.6) is 5.75 Å². The van der Waals surface area contributed by atoms with E-state index in [0.717, 1.165) is 23.6 Å².